The minimum absolute atomic E-state index is 0.894. The van der Waals surface area contributed by atoms with Gasteiger partial charge in [-0.25, -0.2) is 9.13 Å². The van der Waals surface area contributed by atoms with Gasteiger partial charge in [-0.1, -0.05) is 12.1 Å². The normalized spacial score (nSPS) is 11.8. The maximum atomic E-state index is 8.66. The molecule has 0 atom stereocenters. The first-order valence-electron chi connectivity index (χ1n) is 5.59. The van der Waals surface area contributed by atoms with E-state index < -0.39 is 0 Å². The van der Waals surface area contributed by atoms with Crippen LogP contribution in [0.25, 0.3) is 0 Å². The molecule has 0 amide bonds. The Morgan fingerprint density at radius 1 is 1.56 bits per heavy atom. The Morgan fingerprint density at radius 2 is 2.31 bits per heavy atom. The van der Waals surface area contributed by atoms with Gasteiger partial charge in [0, 0.05) is 6.54 Å². The first kappa shape index (κ1) is 12.7. The molecule has 0 radical (unpaired) electrons. The highest BCUT2D eigenvalue weighted by Crippen LogP contribution is 1.95. The number of likely N-dealkylation sites (N-methyl/N-ethyl adjacent to an activating group) is 1. The molecule has 0 bridgehead atoms. The molecule has 1 heterocycles. The van der Waals surface area contributed by atoms with Gasteiger partial charge in [0.15, 0.2) is 6.21 Å². The van der Waals surface area contributed by atoms with Crippen LogP contribution in [-0.4, -0.2) is 41.5 Å². The average molecular weight is 225 g/mol. The lowest BCUT2D eigenvalue weighted by atomic mass is 10.4. The average Bonchev–Trinajstić information content (AvgIpc) is 2.60. The van der Waals surface area contributed by atoms with Crippen molar-refractivity contribution in [2.24, 2.45) is 5.16 Å². The molecule has 90 valence electrons. The summed E-state index contributed by atoms with van der Waals surface area (Å²) < 4.78 is 4.19. The fraction of sp³-hybridized carbons (Fsp3) is 0.636. The number of nitrogens with zero attached hydrogens (tertiary/aromatic N) is 4. The van der Waals surface area contributed by atoms with Crippen molar-refractivity contribution in [3.8, 4) is 0 Å². The molecule has 1 aromatic rings. The van der Waals surface area contributed by atoms with Crippen LogP contribution in [0.1, 0.15) is 19.2 Å². The van der Waals surface area contributed by atoms with Crippen LogP contribution in [-0.2, 0) is 13.1 Å². The van der Waals surface area contributed by atoms with Gasteiger partial charge in [-0.3, -0.25) is 0 Å². The van der Waals surface area contributed by atoms with Crippen molar-refractivity contribution in [3.05, 3.63) is 18.2 Å². The number of aromatic nitrogens is 2. The molecule has 1 rings (SSSR count). The van der Waals surface area contributed by atoms with Crippen molar-refractivity contribution in [2.45, 2.75) is 26.4 Å². The van der Waals surface area contributed by atoms with E-state index in [1.54, 1.807) is 0 Å². The van der Waals surface area contributed by atoms with E-state index in [1.807, 2.05) is 26.5 Å². The van der Waals surface area contributed by atoms with E-state index in [0.717, 1.165) is 31.9 Å². The van der Waals surface area contributed by atoms with Crippen LogP contribution in [0.2, 0.25) is 0 Å². The molecule has 0 aliphatic heterocycles. The zero-order valence-electron chi connectivity index (χ0n) is 10.3. The maximum Gasteiger partial charge on any atom is 0.303 e. The van der Waals surface area contributed by atoms with Crippen molar-refractivity contribution in [2.75, 3.05) is 20.6 Å². The van der Waals surface area contributed by atoms with Crippen LogP contribution >= 0.6 is 0 Å². The molecule has 1 aromatic heterocycles. The van der Waals surface area contributed by atoms with Gasteiger partial charge in [-0.2, -0.15) is 0 Å². The summed E-state index contributed by atoms with van der Waals surface area (Å²) in [4.78, 5) is 2.13. The molecule has 0 aromatic carbocycles. The van der Waals surface area contributed by atoms with Crippen molar-refractivity contribution < 1.29 is 9.77 Å². The summed E-state index contributed by atoms with van der Waals surface area (Å²) >= 11 is 0. The Kier molecular flexibility index (Phi) is 4.98. The SMILES string of the molecule is CCC[n+]1ccn(CCN(C)C)c1/C=N/O. The minimum Gasteiger partial charge on any atom is -0.411 e. The quantitative estimate of drug-likeness (QED) is 0.333. The molecule has 0 saturated carbocycles. The highest BCUT2D eigenvalue weighted by Gasteiger charge is 2.14. The predicted octanol–water partition coefficient (Wildman–Crippen LogP) is 0.555. The highest BCUT2D eigenvalue weighted by molar-refractivity contribution is 5.72. The molecule has 16 heavy (non-hydrogen) atoms. The summed E-state index contributed by atoms with van der Waals surface area (Å²) in [5, 5.41) is 11.8. The first-order chi connectivity index (χ1) is 7.69. The van der Waals surface area contributed by atoms with Gasteiger partial charge in [-0.05, 0) is 20.5 Å². The van der Waals surface area contributed by atoms with Crippen LogP contribution in [0.3, 0.4) is 0 Å². The lowest BCUT2D eigenvalue weighted by Crippen LogP contribution is -2.37. The molecule has 5 nitrogen and oxygen atoms in total. The van der Waals surface area contributed by atoms with E-state index in [-0.39, 0.29) is 0 Å². The largest absolute Gasteiger partial charge is 0.411 e. The van der Waals surface area contributed by atoms with Gasteiger partial charge >= 0.3 is 5.82 Å². The molecule has 5 heteroatoms. The van der Waals surface area contributed by atoms with Crippen LogP contribution in [0.15, 0.2) is 17.5 Å². The number of rotatable bonds is 6. The van der Waals surface area contributed by atoms with Gasteiger partial charge in [0.2, 0.25) is 0 Å². The second-order valence-electron chi connectivity index (χ2n) is 4.09. The molecule has 0 saturated heterocycles. The van der Waals surface area contributed by atoms with Crippen molar-refractivity contribution in [1.82, 2.24) is 9.47 Å². The summed E-state index contributed by atoms with van der Waals surface area (Å²) in [5.74, 6) is 0.936. The van der Waals surface area contributed by atoms with E-state index in [1.165, 1.54) is 6.21 Å². The Morgan fingerprint density at radius 3 is 2.88 bits per heavy atom. The molecular weight excluding hydrogens is 204 g/mol. The molecule has 0 aliphatic rings. The molecule has 1 N–H and O–H groups in total. The Labute approximate surface area is 96.6 Å². The lowest BCUT2D eigenvalue weighted by molar-refractivity contribution is -0.697. The van der Waals surface area contributed by atoms with Crippen molar-refractivity contribution in [3.63, 3.8) is 0 Å². The van der Waals surface area contributed by atoms with Crippen LogP contribution in [0.4, 0.5) is 0 Å². The van der Waals surface area contributed by atoms with Crippen LogP contribution in [0, 0.1) is 0 Å². The van der Waals surface area contributed by atoms with E-state index in [9.17, 15) is 0 Å². The molecule has 0 spiro atoms. The fourth-order valence-corrected chi connectivity index (χ4v) is 1.61. The Bertz CT molecular complexity index is 344. The number of imidazole rings is 1. The highest BCUT2D eigenvalue weighted by atomic mass is 16.4. The number of hydrogen-bond donors (Lipinski definition) is 1. The zero-order chi connectivity index (χ0) is 12.0. The summed E-state index contributed by atoms with van der Waals surface area (Å²) in [7, 11) is 4.09. The molecule has 0 unspecified atom stereocenters. The van der Waals surface area contributed by atoms with E-state index in [4.69, 9.17) is 5.21 Å². The van der Waals surface area contributed by atoms with Crippen LogP contribution < -0.4 is 4.57 Å². The number of aryl methyl sites for hydroxylation is 1. The molecule has 0 aliphatic carbocycles. The van der Waals surface area contributed by atoms with E-state index in [0.29, 0.717) is 0 Å². The molecule has 0 fully saturated rings. The second kappa shape index (κ2) is 6.27. The minimum atomic E-state index is 0.894. The van der Waals surface area contributed by atoms with Gasteiger partial charge in [0.05, 0.1) is 6.54 Å². The third-order valence-corrected chi connectivity index (χ3v) is 2.44. The predicted molar refractivity (Wildman–Crippen MR) is 62.9 cm³/mol. The summed E-state index contributed by atoms with van der Waals surface area (Å²) in [6.45, 7) is 4.93. The van der Waals surface area contributed by atoms with Crippen molar-refractivity contribution >= 4 is 6.21 Å². The summed E-state index contributed by atoms with van der Waals surface area (Å²) in [6, 6.07) is 0. The zero-order valence-corrected chi connectivity index (χ0v) is 10.3. The smallest absolute Gasteiger partial charge is 0.303 e. The number of hydrogen-bond acceptors (Lipinski definition) is 3. The standard InChI is InChI=1S/C11H20N4O/c1-4-5-14-8-9-15(7-6-13(2)3)11(14)10-12-16/h8-10H,4-7H2,1-3H3/p+1. The second-order valence-corrected chi connectivity index (χ2v) is 4.09. The van der Waals surface area contributed by atoms with E-state index in [2.05, 4.69) is 26.1 Å². The Hall–Kier alpha value is -1.36. The van der Waals surface area contributed by atoms with Crippen LogP contribution in [0.5, 0.6) is 0 Å². The third kappa shape index (κ3) is 3.34. The first-order valence-corrected chi connectivity index (χ1v) is 5.59. The summed E-state index contributed by atoms with van der Waals surface area (Å²) in [6.07, 6.45) is 6.60. The van der Waals surface area contributed by atoms with Gasteiger partial charge in [0.1, 0.15) is 18.9 Å². The monoisotopic (exact) mass is 225 g/mol. The van der Waals surface area contributed by atoms with Gasteiger partial charge in [-0.15, -0.1) is 0 Å². The maximum absolute atomic E-state index is 8.66. The van der Waals surface area contributed by atoms with E-state index >= 15 is 0 Å². The lowest BCUT2D eigenvalue weighted by Gasteiger charge is -2.07. The van der Waals surface area contributed by atoms with Gasteiger partial charge in [0.25, 0.3) is 0 Å². The molecular formula is C11H21N4O+. The topological polar surface area (TPSA) is 44.6 Å². The fourth-order valence-electron chi connectivity index (χ4n) is 1.61. The third-order valence-electron chi connectivity index (χ3n) is 2.44. The Balaban J connectivity index is 2.82. The number of oxime groups is 1. The summed E-state index contributed by atoms with van der Waals surface area (Å²) in [5.41, 5.74) is 0. The van der Waals surface area contributed by atoms with Crippen molar-refractivity contribution in [1.29, 1.82) is 0 Å². The van der Waals surface area contributed by atoms with Gasteiger partial charge < -0.3 is 10.1 Å².